The summed E-state index contributed by atoms with van der Waals surface area (Å²) in [6.45, 7) is 5.04. The Labute approximate surface area is 132 Å². The van der Waals surface area contributed by atoms with Crippen LogP contribution in [0.5, 0.6) is 0 Å². The molecule has 4 nitrogen and oxygen atoms in total. The maximum Gasteiger partial charge on any atom is 0.273 e. The van der Waals surface area contributed by atoms with E-state index >= 15 is 0 Å². The van der Waals surface area contributed by atoms with Crippen molar-refractivity contribution in [3.63, 3.8) is 0 Å². The Hall–Kier alpha value is -1.79. The molecule has 2 heterocycles. The molecule has 1 aliphatic heterocycles. The summed E-state index contributed by atoms with van der Waals surface area (Å²) < 4.78 is 18.5. The summed E-state index contributed by atoms with van der Waals surface area (Å²) in [5, 5.41) is 2.48. The first-order valence-electron chi connectivity index (χ1n) is 7.18. The topological polar surface area (TPSA) is 42.4 Å². The standard InChI is InChI=1S/C16H17FN2O2S/c1-10-8-21-11(2)7-19(10)16(20)14-9-22-15(18-14)12-3-5-13(17)6-4-12/h3-6,9-11H,7-8H2,1-2H3/t10-,11-/m1/s1. The molecule has 2 aromatic rings. The van der Waals surface area contributed by atoms with E-state index in [0.29, 0.717) is 18.8 Å². The molecule has 22 heavy (non-hydrogen) atoms. The Bertz CT molecular complexity index is 671. The number of hydrogen-bond acceptors (Lipinski definition) is 4. The highest BCUT2D eigenvalue weighted by atomic mass is 32.1. The summed E-state index contributed by atoms with van der Waals surface area (Å²) >= 11 is 1.39. The number of rotatable bonds is 2. The van der Waals surface area contributed by atoms with Crippen LogP contribution in [0.4, 0.5) is 4.39 Å². The number of carbonyl (C=O) groups excluding carboxylic acids is 1. The summed E-state index contributed by atoms with van der Waals surface area (Å²) in [7, 11) is 0. The number of thiazole rings is 1. The first kappa shape index (κ1) is 15.1. The van der Waals surface area contributed by atoms with Gasteiger partial charge in [0.05, 0.1) is 18.8 Å². The van der Waals surface area contributed by atoms with Gasteiger partial charge in [-0.3, -0.25) is 4.79 Å². The minimum atomic E-state index is -0.285. The maximum absolute atomic E-state index is 13.0. The third-order valence-corrected chi connectivity index (χ3v) is 4.57. The van der Waals surface area contributed by atoms with Crippen LogP contribution in [0.25, 0.3) is 10.6 Å². The van der Waals surface area contributed by atoms with Gasteiger partial charge in [0, 0.05) is 17.5 Å². The van der Waals surface area contributed by atoms with Crippen LogP contribution in [0, 0.1) is 5.82 Å². The van der Waals surface area contributed by atoms with Crippen molar-refractivity contribution in [2.24, 2.45) is 0 Å². The fourth-order valence-corrected chi connectivity index (χ4v) is 3.23. The number of nitrogens with zero attached hydrogens (tertiary/aromatic N) is 2. The first-order valence-corrected chi connectivity index (χ1v) is 8.06. The van der Waals surface area contributed by atoms with Crippen LogP contribution in [0.1, 0.15) is 24.3 Å². The van der Waals surface area contributed by atoms with Gasteiger partial charge in [0.2, 0.25) is 0 Å². The van der Waals surface area contributed by atoms with Crippen LogP contribution in [-0.2, 0) is 4.74 Å². The van der Waals surface area contributed by atoms with Crippen molar-refractivity contribution in [3.8, 4) is 10.6 Å². The Morgan fingerprint density at radius 2 is 2.09 bits per heavy atom. The summed E-state index contributed by atoms with van der Waals surface area (Å²) in [5.41, 5.74) is 1.25. The van der Waals surface area contributed by atoms with E-state index < -0.39 is 0 Å². The summed E-state index contributed by atoms with van der Waals surface area (Å²) in [6.07, 6.45) is 0.0374. The molecule has 0 N–H and O–H groups in total. The summed E-state index contributed by atoms with van der Waals surface area (Å²) in [6, 6.07) is 6.16. The smallest absolute Gasteiger partial charge is 0.273 e. The molecule has 0 aliphatic carbocycles. The van der Waals surface area contributed by atoms with E-state index in [4.69, 9.17) is 4.74 Å². The Kier molecular flexibility index (Phi) is 4.22. The largest absolute Gasteiger partial charge is 0.375 e. The third kappa shape index (κ3) is 3.03. The first-order chi connectivity index (χ1) is 10.5. The molecule has 0 unspecified atom stereocenters. The summed E-state index contributed by atoms with van der Waals surface area (Å²) in [5.74, 6) is -0.361. The van der Waals surface area contributed by atoms with Crippen LogP contribution in [0.15, 0.2) is 29.6 Å². The number of morpholine rings is 1. The van der Waals surface area contributed by atoms with Crippen molar-refractivity contribution in [1.29, 1.82) is 0 Å². The number of hydrogen-bond donors (Lipinski definition) is 0. The number of halogens is 1. The van der Waals surface area contributed by atoms with E-state index in [0.717, 1.165) is 10.6 Å². The van der Waals surface area contributed by atoms with E-state index in [2.05, 4.69) is 4.98 Å². The highest BCUT2D eigenvalue weighted by Crippen LogP contribution is 2.25. The molecule has 3 rings (SSSR count). The van der Waals surface area contributed by atoms with Gasteiger partial charge in [-0.25, -0.2) is 9.37 Å². The Morgan fingerprint density at radius 3 is 2.82 bits per heavy atom. The van der Waals surface area contributed by atoms with Crippen molar-refractivity contribution in [3.05, 3.63) is 41.2 Å². The molecule has 1 saturated heterocycles. The van der Waals surface area contributed by atoms with Gasteiger partial charge in [0.1, 0.15) is 16.5 Å². The molecule has 0 bridgehead atoms. The average Bonchev–Trinajstić information content (AvgIpc) is 2.99. The van der Waals surface area contributed by atoms with Gasteiger partial charge in [-0.15, -0.1) is 11.3 Å². The number of ether oxygens (including phenoxy) is 1. The second-order valence-corrected chi connectivity index (χ2v) is 6.35. The molecule has 0 spiro atoms. The minimum Gasteiger partial charge on any atom is -0.375 e. The molecule has 0 radical (unpaired) electrons. The van der Waals surface area contributed by atoms with Gasteiger partial charge in [-0.2, -0.15) is 0 Å². The van der Waals surface area contributed by atoms with Crippen LogP contribution in [-0.4, -0.2) is 41.1 Å². The third-order valence-electron chi connectivity index (χ3n) is 3.68. The van der Waals surface area contributed by atoms with Crippen LogP contribution in [0.3, 0.4) is 0 Å². The monoisotopic (exact) mass is 320 g/mol. The zero-order chi connectivity index (χ0) is 15.7. The highest BCUT2D eigenvalue weighted by Gasteiger charge is 2.29. The lowest BCUT2D eigenvalue weighted by atomic mass is 10.2. The molecule has 1 fully saturated rings. The predicted molar refractivity (Wildman–Crippen MR) is 83.4 cm³/mol. The Balaban J connectivity index is 1.81. The van der Waals surface area contributed by atoms with E-state index in [1.165, 1.54) is 23.5 Å². The lowest BCUT2D eigenvalue weighted by Crippen LogP contribution is -2.50. The molecular formula is C16H17FN2O2S. The number of benzene rings is 1. The predicted octanol–water partition coefficient (Wildman–Crippen LogP) is 3.20. The average molecular weight is 320 g/mol. The normalized spacial score (nSPS) is 21.9. The quantitative estimate of drug-likeness (QED) is 0.853. The van der Waals surface area contributed by atoms with Crippen molar-refractivity contribution < 1.29 is 13.9 Å². The summed E-state index contributed by atoms with van der Waals surface area (Å²) in [4.78, 5) is 18.8. The van der Waals surface area contributed by atoms with Gasteiger partial charge in [0.15, 0.2) is 0 Å². The molecular weight excluding hydrogens is 303 g/mol. The van der Waals surface area contributed by atoms with Gasteiger partial charge < -0.3 is 9.64 Å². The van der Waals surface area contributed by atoms with Crippen molar-refractivity contribution in [1.82, 2.24) is 9.88 Å². The van der Waals surface area contributed by atoms with E-state index in [9.17, 15) is 9.18 Å². The SMILES string of the molecule is C[C@@H]1CN(C(=O)c2csc(-c3ccc(F)cc3)n2)[C@H](C)CO1. The van der Waals surface area contributed by atoms with E-state index in [1.807, 2.05) is 13.8 Å². The van der Waals surface area contributed by atoms with Gasteiger partial charge in [0.25, 0.3) is 5.91 Å². The number of carbonyl (C=O) groups is 1. The van der Waals surface area contributed by atoms with Crippen LogP contribution in [0.2, 0.25) is 0 Å². The Morgan fingerprint density at radius 1 is 1.36 bits per heavy atom. The van der Waals surface area contributed by atoms with Gasteiger partial charge in [-0.1, -0.05) is 0 Å². The van der Waals surface area contributed by atoms with Crippen molar-refractivity contribution in [2.75, 3.05) is 13.2 Å². The second-order valence-electron chi connectivity index (χ2n) is 5.50. The second kappa shape index (κ2) is 6.14. The molecule has 1 amide bonds. The minimum absolute atomic E-state index is 0.0374. The van der Waals surface area contributed by atoms with Crippen molar-refractivity contribution in [2.45, 2.75) is 26.0 Å². The van der Waals surface area contributed by atoms with Crippen LogP contribution < -0.4 is 0 Å². The fraction of sp³-hybridized carbons (Fsp3) is 0.375. The zero-order valence-electron chi connectivity index (χ0n) is 12.5. The van der Waals surface area contributed by atoms with Crippen molar-refractivity contribution >= 4 is 17.2 Å². The van der Waals surface area contributed by atoms with E-state index in [1.54, 1.807) is 22.4 Å². The lowest BCUT2D eigenvalue weighted by molar-refractivity contribution is -0.0388. The van der Waals surface area contributed by atoms with Gasteiger partial charge in [-0.05, 0) is 38.1 Å². The lowest BCUT2D eigenvalue weighted by Gasteiger charge is -2.36. The fourth-order valence-electron chi connectivity index (χ4n) is 2.43. The van der Waals surface area contributed by atoms with Crippen LogP contribution >= 0.6 is 11.3 Å². The number of amides is 1. The zero-order valence-corrected chi connectivity index (χ0v) is 13.3. The highest BCUT2D eigenvalue weighted by molar-refractivity contribution is 7.13. The number of aromatic nitrogens is 1. The molecule has 1 aromatic carbocycles. The molecule has 2 atom stereocenters. The van der Waals surface area contributed by atoms with E-state index in [-0.39, 0.29) is 23.9 Å². The maximum atomic E-state index is 13.0. The molecule has 0 saturated carbocycles. The molecule has 1 aromatic heterocycles. The molecule has 6 heteroatoms. The van der Waals surface area contributed by atoms with Gasteiger partial charge >= 0.3 is 0 Å². The molecule has 1 aliphatic rings. The molecule has 116 valence electrons.